The first-order valence-electron chi connectivity index (χ1n) is 4.28. The minimum atomic E-state index is -0.508. The van der Waals surface area contributed by atoms with Crippen LogP contribution in [0.5, 0.6) is 0 Å². The SMILES string of the molecule is CCNCc1cc(F)ccc1[N+](=O)[O-]. The van der Waals surface area contributed by atoms with E-state index in [0.29, 0.717) is 18.7 Å². The van der Waals surface area contributed by atoms with Crippen molar-refractivity contribution in [2.24, 2.45) is 0 Å². The lowest BCUT2D eigenvalue weighted by Gasteiger charge is -2.03. The number of rotatable bonds is 4. The van der Waals surface area contributed by atoms with E-state index in [1.807, 2.05) is 6.92 Å². The van der Waals surface area contributed by atoms with Gasteiger partial charge in [0.25, 0.3) is 5.69 Å². The summed E-state index contributed by atoms with van der Waals surface area (Å²) >= 11 is 0. The highest BCUT2D eigenvalue weighted by atomic mass is 19.1. The molecule has 0 bridgehead atoms. The summed E-state index contributed by atoms with van der Waals surface area (Å²) in [5, 5.41) is 13.5. The largest absolute Gasteiger partial charge is 0.313 e. The second kappa shape index (κ2) is 4.66. The molecule has 0 saturated heterocycles. The van der Waals surface area contributed by atoms with Crippen molar-refractivity contribution in [3.63, 3.8) is 0 Å². The number of nitrogens with zero attached hydrogens (tertiary/aromatic N) is 1. The topological polar surface area (TPSA) is 55.2 Å². The first-order chi connectivity index (χ1) is 6.65. The molecule has 1 N–H and O–H groups in total. The van der Waals surface area contributed by atoms with Crippen LogP contribution in [-0.2, 0) is 6.54 Å². The molecular weight excluding hydrogens is 187 g/mol. The molecule has 5 heteroatoms. The van der Waals surface area contributed by atoms with Gasteiger partial charge in [0.2, 0.25) is 0 Å². The van der Waals surface area contributed by atoms with Crippen LogP contribution in [0.3, 0.4) is 0 Å². The van der Waals surface area contributed by atoms with Gasteiger partial charge >= 0.3 is 0 Å². The van der Waals surface area contributed by atoms with Gasteiger partial charge in [-0.2, -0.15) is 0 Å². The predicted octanol–water partition coefficient (Wildman–Crippen LogP) is 1.84. The van der Waals surface area contributed by atoms with Crippen molar-refractivity contribution in [2.75, 3.05) is 6.54 Å². The zero-order valence-corrected chi connectivity index (χ0v) is 7.79. The molecule has 0 aliphatic heterocycles. The summed E-state index contributed by atoms with van der Waals surface area (Å²) in [4.78, 5) is 10.0. The summed E-state index contributed by atoms with van der Waals surface area (Å²) < 4.78 is 12.8. The maximum atomic E-state index is 12.8. The Balaban J connectivity index is 2.97. The van der Waals surface area contributed by atoms with E-state index in [-0.39, 0.29) is 5.69 Å². The molecule has 0 heterocycles. The van der Waals surface area contributed by atoms with Gasteiger partial charge in [-0.3, -0.25) is 10.1 Å². The molecule has 14 heavy (non-hydrogen) atoms. The molecule has 1 rings (SSSR count). The fourth-order valence-corrected chi connectivity index (χ4v) is 1.13. The molecule has 4 nitrogen and oxygen atoms in total. The summed E-state index contributed by atoms with van der Waals surface area (Å²) in [6.07, 6.45) is 0. The Hall–Kier alpha value is -1.49. The predicted molar refractivity (Wildman–Crippen MR) is 50.4 cm³/mol. The highest BCUT2D eigenvalue weighted by molar-refractivity contribution is 5.40. The van der Waals surface area contributed by atoms with Crippen LogP contribution in [-0.4, -0.2) is 11.5 Å². The average Bonchev–Trinajstić information content (AvgIpc) is 2.14. The van der Waals surface area contributed by atoms with Crippen LogP contribution in [0.2, 0.25) is 0 Å². The Bertz CT molecular complexity index is 342. The maximum Gasteiger partial charge on any atom is 0.274 e. The number of nitro benzene ring substituents is 1. The third-order valence-corrected chi connectivity index (χ3v) is 1.80. The van der Waals surface area contributed by atoms with Crippen molar-refractivity contribution < 1.29 is 9.31 Å². The molecular formula is C9H11FN2O2. The van der Waals surface area contributed by atoms with Crippen molar-refractivity contribution in [2.45, 2.75) is 13.5 Å². The third kappa shape index (κ3) is 2.50. The molecule has 0 amide bonds. The van der Waals surface area contributed by atoms with E-state index < -0.39 is 10.7 Å². The van der Waals surface area contributed by atoms with Crippen LogP contribution in [0.25, 0.3) is 0 Å². The van der Waals surface area contributed by atoms with E-state index in [0.717, 1.165) is 6.07 Å². The summed E-state index contributed by atoms with van der Waals surface area (Å²) in [5.74, 6) is -0.455. The van der Waals surface area contributed by atoms with Gasteiger partial charge in [0, 0.05) is 18.2 Å². The van der Waals surface area contributed by atoms with Crippen molar-refractivity contribution in [3.05, 3.63) is 39.7 Å². The second-order valence-corrected chi connectivity index (χ2v) is 2.81. The van der Waals surface area contributed by atoms with Crippen molar-refractivity contribution in [1.29, 1.82) is 0 Å². The Morgan fingerprint density at radius 1 is 1.57 bits per heavy atom. The van der Waals surface area contributed by atoms with Gasteiger partial charge < -0.3 is 5.32 Å². The standard InChI is InChI=1S/C9H11FN2O2/c1-2-11-6-7-5-8(10)3-4-9(7)12(13)14/h3-5,11H,2,6H2,1H3. The lowest BCUT2D eigenvalue weighted by atomic mass is 10.2. The van der Waals surface area contributed by atoms with Gasteiger partial charge in [0.15, 0.2) is 0 Å². The van der Waals surface area contributed by atoms with E-state index in [1.165, 1.54) is 12.1 Å². The third-order valence-electron chi connectivity index (χ3n) is 1.80. The minimum absolute atomic E-state index is 0.0487. The van der Waals surface area contributed by atoms with E-state index in [2.05, 4.69) is 5.32 Å². The molecule has 0 radical (unpaired) electrons. The Morgan fingerprint density at radius 2 is 2.29 bits per heavy atom. The Kier molecular flexibility index (Phi) is 3.53. The fraction of sp³-hybridized carbons (Fsp3) is 0.333. The van der Waals surface area contributed by atoms with Crippen molar-refractivity contribution in [1.82, 2.24) is 5.32 Å². The van der Waals surface area contributed by atoms with E-state index >= 15 is 0 Å². The molecule has 0 unspecified atom stereocenters. The summed E-state index contributed by atoms with van der Waals surface area (Å²) in [6, 6.07) is 3.45. The number of halogens is 1. The van der Waals surface area contributed by atoms with E-state index in [1.54, 1.807) is 0 Å². The van der Waals surface area contributed by atoms with Gasteiger partial charge in [-0.15, -0.1) is 0 Å². The van der Waals surface area contributed by atoms with E-state index in [4.69, 9.17) is 0 Å². The van der Waals surface area contributed by atoms with Gasteiger partial charge in [0.05, 0.1) is 4.92 Å². The lowest BCUT2D eigenvalue weighted by Crippen LogP contribution is -2.13. The molecule has 76 valence electrons. The van der Waals surface area contributed by atoms with Crippen LogP contribution < -0.4 is 5.32 Å². The monoisotopic (exact) mass is 198 g/mol. The normalized spacial score (nSPS) is 10.1. The van der Waals surface area contributed by atoms with Crippen LogP contribution in [0, 0.1) is 15.9 Å². The Labute approximate surface area is 80.9 Å². The minimum Gasteiger partial charge on any atom is -0.313 e. The second-order valence-electron chi connectivity index (χ2n) is 2.81. The zero-order valence-electron chi connectivity index (χ0n) is 7.79. The van der Waals surface area contributed by atoms with Gasteiger partial charge in [-0.25, -0.2) is 4.39 Å². The molecule has 0 spiro atoms. The lowest BCUT2D eigenvalue weighted by molar-refractivity contribution is -0.385. The van der Waals surface area contributed by atoms with Crippen LogP contribution >= 0.6 is 0 Å². The van der Waals surface area contributed by atoms with Crippen LogP contribution in [0.15, 0.2) is 18.2 Å². The average molecular weight is 198 g/mol. The smallest absolute Gasteiger partial charge is 0.274 e. The van der Waals surface area contributed by atoms with Crippen molar-refractivity contribution in [3.8, 4) is 0 Å². The highest BCUT2D eigenvalue weighted by Gasteiger charge is 2.13. The summed E-state index contributed by atoms with van der Waals surface area (Å²) in [7, 11) is 0. The maximum absolute atomic E-state index is 12.8. The first-order valence-corrected chi connectivity index (χ1v) is 4.28. The molecule has 0 atom stereocenters. The van der Waals surface area contributed by atoms with E-state index in [9.17, 15) is 14.5 Å². The quantitative estimate of drug-likeness (QED) is 0.593. The number of nitro groups is 1. The highest BCUT2D eigenvalue weighted by Crippen LogP contribution is 2.18. The molecule has 0 aliphatic carbocycles. The molecule has 0 fully saturated rings. The Morgan fingerprint density at radius 3 is 2.86 bits per heavy atom. The first kappa shape index (κ1) is 10.6. The van der Waals surface area contributed by atoms with Crippen molar-refractivity contribution >= 4 is 5.69 Å². The number of nitrogens with one attached hydrogen (secondary N) is 1. The van der Waals surface area contributed by atoms with Gasteiger partial charge in [-0.05, 0) is 18.7 Å². The van der Waals surface area contributed by atoms with Gasteiger partial charge in [-0.1, -0.05) is 6.92 Å². The fourth-order valence-electron chi connectivity index (χ4n) is 1.13. The number of hydrogen-bond acceptors (Lipinski definition) is 3. The molecule has 1 aromatic carbocycles. The number of hydrogen-bond donors (Lipinski definition) is 1. The van der Waals surface area contributed by atoms with Crippen LogP contribution in [0.1, 0.15) is 12.5 Å². The molecule has 0 aliphatic rings. The molecule has 0 saturated carbocycles. The molecule has 1 aromatic rings. The number of benzene rings is 1. The van der Waals surface area contributed by atoms with Crippen LogP contribution in [0.4, 0.5) is 10.1 Å². The zero-order chi connectivity index (χ0) is 10.6. The van der Waals surface area contributed by atoms with Gasteiger partial charge in [0.1, 0.15) is 5.82 Å². The summed E-state index contributed by atoms with van der Waals surface area (Å²) in [5.41, 5.74) is 0.323. The summed E-state index contributed by atoms with van der Waals surface area (Å²) in [6.45, 7) is 2.88. The molecule has 0 aromatic heterocycles.